The standard InChI is InChI=1S/C8H8N4OS/c13-8(7-3-10-5-14-7)11-2-6-1-9-4-12-6/h1,3-5H,2H2,(H,9,12)(H,11,13). The predicted octanol–water partition coefficient (Wildman–Crippen LogP) is 0.796. The summed E-state index contributed by atoms with van der Waals surface area (Å²) in [5.41, 5.74) is 2.51. The Morgan fingerprint density at radius 2 is 2.43 bits per heavy atom. The molecule has 6 heteroatoms. The fourth-order valence-corrected chi connectivity index (χ4v) is 1.51. The minimum Gasteiger partial charge on any atom is -0.347 e. The van der Waals surface area contributed by atoms with Crippen LogP contribution in [0, 0.1) is 0 Å². The van der Waals surface area contributed by atoms with Crippen molar-refractivity contribution < 1.29 is 4.79 Å². The summed E-state index contributed by atoms with van der Waals surface area (Å²) in [6, 6.07) is 0. The van der Waals surface area contributed by atoms with E-state index in [1.54, 1.807) is 24.2 Å². The van der Waals surface area contributed by atoms with E-state index in [0.717, 1.165) is 5.69 Å². The maximum Gasteiger partial charge on any atom is 0.263 e. The Morgan fingerprint density at radius 3 is 3.07 bits per heavy atom. The second-order valence-electron chi connectivity index (χ2n) is 2.63. The number of thiazole rings is 1. The van der Waals surface area contributed by atoms with Gasteiger partial charge in [-0.1, -0.05) is 0 Å². The lowest BCUT2D eigenvalue weighted by Crippen LogP contribution is -2.21. The largest absolute Gasteiger partial charge is 0.347 e. The molecular formula is C8H8N4OS. The highest BCUT2D eigenvalue weighted by Gasteiger charge is 2.06. The summed E-state index contributed by atoms with van der Waals surface area (Å²) in [4.78, 5) is 22.6. The summed E-state index contributed by atoms with van der Waals surface area (Å²) >= 11 is 1.32. The molecule has 5 nitrogen and oxygen atoms in total. The van der Waals surface area contributed by atoms with Gasteiger partial charge in [-0.25, -0.2) is 4.98 Å². The molecule has 0 atom stereocenters. The molecule has 0 unspecified atom stereocenters. The Balaban J connectivity index is 1.90. The van der Waals surface area contributed by atoms with Crippen LogP contribution in [0.5, 0.6) is 0 Å². The van der Waals surface area contributed by atoms with Gasteiger partial charge in [0.1, 0.15) is 4.88 Å². The molecule has 0 spiro atoms. The molecule has 2 aromatic rings. The molecule has 0 saturated heterocycles. The summed E-state index contributed by atoms with van der Waals surface area (Å²) < 4.78 is 0. The normalized spacial score (nSPS) is 10.0. The van der Waals surface area contributed by atoms with Crippen LogP contribution < -0.4 is 5.32 Å². The fourth-order valence-electron chi connectivity index (χ4n) is 0.972. The molecule has 0 bridgehead atoms. The van der Waals surface area contributed by atoms with Crippen LogP contribution >= 0.6 is 11.3 Å². The van der Waals surface area contributed by atoms with Gasteiger partial charge in [0.15, 0.2) is 0 Å². The van der Waals surface area contributed by atoms with Gasteiger partial charge in [0, 0.05) is 6.20 Å². The van der Waals surface area contributed by atoms with Crippen molar-refractivity contribution in [2.45, 2.75) is 6.54 Å². The SMILES string of the molecule is O=C(NCc1cnc[nH]1)c1cncs1. The number of hydrogen-bond donors (Lipinski definition) is 2. The monoisotopic (exact) mass is 208 g/mol. The summed E-state index contributed by atoms with van der Waals surface area (Å²) in [7, 11) is 0. The summed E-state index contributed by atoms with van der Waals surface area (Å²) in [5, 5.41) is 2.75. The number of imidazole rings is 1. The van der Waals surface area contributed by atoms with Gasteiger partial charge in [0.25, 0.3) is 5.91 Å². The van der Waals surface area contributed by atoms with E-state index < -0.39 is 0 Å². The van der Waals surface area contributed by atoms with Gasteiger partial charge in [-0.05, 0) is 0 Å². The molecule has 0 radical (unpaired) electrons. The van der Waals surface area contributed by atoms with Crippen molar-refractivity contribution in [3.8, 4) is 0 Å². The van der Waals surface area contributed by atoms with E-state index >= 15 is 0 Å². The molecule has 2 aromatic heterocycles. The second-order valence-corrected chi connectivity index (χ2v) is 3.51. The van der Waals surface area contributed by atoms with E-state index in [9.17, 15) is 4.79 Å². The van der Waals surface area contributed by atoms with Crippen molar-refractivity contribution in [3.63, 3.8) is 0 Å². The molecule has 14 heavy (non-hydrogen) atoms. The molecule has 0 aliphatic carbocycles. The first-order valence-electron chi connectivity index (χ1n) is 4.00. The van der Waals surface area contributed by atoms with Gasteiger partial charge in [0.2, 0.25) is 0 Å². The third kappa shape index (κ3) is 1.97. The van der Waals surface area contributed by atoms with E-state index in [4.69, 9.17) is 0 Å². The zero-order valence-corrected chi connectivity index (χ0v) is 8.04. The number of carbonyl (C=O) groups excluding carboxylic acids is 1. The maximum atomic E-state index is 11.4. The molecule has 0 aromatic carbocycles. The van der Waals surface area contributed by atoms with Gasteiger partial charge >= 0.3 is 0 Å². The van der Waals surface area contributed by atoms with Gasteiger partial charge in [-0.15, -0.1) is 11.3 Å². The van der Waals surface area contributed by atoms with Gasteiger partial charge in [-0.3, -0.25) is 9.78 Å². The molecule has 2 rings (SSSR count). The molecule has 2 N–H and O–H groups in total. The Labute approximate surface area is 84.2 Å². The highest BCUT2D eigenvalue weighted by Crippen LogP contribution is 2.04. The van der Waals surface area contributed by atoms with Crippen molar-refractivity contribution in [1.29, 1.82) is 0 Å². The number of carbonyl (C=O) groups is 1. The van der Waals surface area contributed by atoms with Crippen LogP contribution in [0.25, 0.3) is 0 Å². The average Bonchev–Trinajstić information content (AvgIpc) is 2.87. The van der Waals surface area contributed by atoms with E-state index in [0.29, 0.717) is 11.4 Å². The van der Waals surface area contributed by atoms with Crippen molar-refractivity contribution >= 4 is 17.2 Å². The first-order chi connectivity index (χ1) is 6.86. The first kappa shape index (κ1) is 8.89. The van der Waals surface area contributed by atoms with Crippen LogP contribution in [-0.2, 0) is 6.54 Å². The molecule has 1 amide bonds. The lowest BCUT2D eigenvalue weighted by Gasteiger charge is -1.99. The number of aromatic nitrogens is 3. The molecule has 0 aliphatic rings. The maximum absolute atomic E-state index is 11.4. The number of H-pyrrole nitrogens is 1. The molecule has 2 heterocycles. The van der Waals surface area contributed by atoms with E-state index in [1.165, 1.54) is 11.3 Å². The number of aromatic amines is 1. The van der Waals surface area contributed by atoms with Crippen molar-refractivity contribution in [2.24, 2.45) is 0 Å². The summed E-state index contributed by atoms with van der Waals surface area (Å²) in [5.74, 6) is -0.109. The van der Waals surface area contributed by atoms with Crippen LogP contribution in [0.1, 0.15) is 15.4 Å². The fraction of sp³-hybridized carbons (Fsp3) is 0.125. The van der Waals surface area contributed by atoms with Crippen LogP contribution in [0.4, 0.5) is 0 Å². The quantitative estimate of drug-likeness (QED) is 0.783. The zero-order valence-electron chi connectivity index (χ0n) is 7.23. The highest BCUT2D eigenvalue weighted by atomic mass is 32.1. The Morgan fingerprint density at radius 1 is 1.50 bits per heavy atom. The Hall–Kier alpha value is -1.69. The number of rotatable bonds is 3. The number of nitrogens with zero attached hydrogens (tertiary/aromatic N) is 2. The van der Waals surface area contributed by atoms with Crippen molar-refractivity contribution in [3.05, 3.63) is 34.8 Å². The van der Waals surface area contributed by atoms with Crippen LogP contribution in [-0.4, -0.2) is 20.9 Å². The molecule has 0 aliphatic heterocycles. The zero-order chi connectivity index (χ0) is 9.80. The van der Waals surface area contributed by atoms with Gasteiger partial charge in [-0.2, -0.15) is 0 Å². The van der Waals surface area contributed by atoms with Crippen LogP contribution in [0.2, 0.25) is 0 Å². The van der Waals surface area contributed by atoms with E-state index in [1.807, 2.05) is 0 Å². The summed E-state index contributed by atoms with van der Waals surface area (Å²) in [6.07, 6.45) is 4.80. The van der Waals surface area contributed by atoms with E-state index in [-0.39, 0.29) is 5.91 Å². The lowest BCUT2D eigenvalue weighted by molar-refractivity contribution is 0.0954. The Bertz CT molecular complexity index is 395. The minimum atomic E-state index is -0.109. The highest BCUT2D eigenvalue weighted by molar-refractivity contribution is 7.11. The minimum absolute atomic E-state index is 0.109. The summed E-state index contributed by atoms with van der Waals surface area (Å²) in [6.45, 7) is 0.455. The van der Waals surface area contributed by atoms with Crippen molar-refractivity contribution in [2.75, 3.05) is 0 Å². The number of hydrogen-bond acceptors (Lipinski definition) is 4. The average molecular weight is 208 g/mol. The molecule has 72 valence electrons. The molecule has 0 saturated carbocycles. The molecular weight excluding hydrogens is 200 g/mol. The molecule has 0 fully saturated rings. The number of nitrogens with one attached hydrogen (secondary N) is 2. The topological polar surface area (TPSA) is 70.7 Å². The lowest BCUT2D eigenvalue weighted by atomic mass is 10.4. The Kier molecular flexibility index (Phi) is 2.55. The van der Waals surface area contributed by atoms with E-state index in [2.05, 4.69) is 20.3 Å². The van der Waals surface area contributed by atoms with Crippen molar-refractivity contribution in [1.82, 2.24) is 20.3 Å². The van der Waals surface area contributed by atoms with Gasteiger partial charge in [0.05, 0.1) is 30.3 Å². The second kappa shape index (κ2) is 4.01. The first-order valence-corrected chi connectivity index (χ1v) is 4.88. The predicted molar refractivity (Wildman–Crippen MR) is 51.9 cm³/mol. The smallest absolute Gasteiger partial charge is 0.263 e. The number of amides is 1. The van der Waals surface area contributed by atoms with Crippen LogP contribution in [0.15, 0.2) is 24.2 Å². The third-order valence-corrected chi connectivity index (χ3v) is 2.42. The third-order valence-electron chi connectivity index (χ3n) is 1.65. The van der Waals surface area contributed by atoms with Crippen LogP contribution in [0.3, 0.4) is 0 Å². The van der Waals surface area contributed by atoms with Gasteiger partial charge < -0.3 is 10.3 Å².